The smallest absolute Gasteiger partial charge is 0.253 e. The zero-order chi connectivity index (χ0) is 17.7. The predicted octanol–water partition coefficient (Wildman–Crippen LogP) is 1.62. The first kappa shape index (κ1) is 17.9. The maximum atomic E-state index is 12.2. The Morgan fingerprint density at radius 2 is 1.92 bits per heavy atom. The Hall–Kier alpha value is -2.45. The molecule has 0 bridgehead atoms. The number of hydrogen-bond donors (Lipinski definition) is 2. The minimum absolute atomic E-state index is 0.0282. The summed E-state index contributed by atoms with van der Waals surface area (Å²) in [4.78, 5) is 16.3. The van der Waals surface area contributed by atoms with Crippen LogP contribution in [0.3, 0.4) is 0 Å². The van der Waals surface area contributed by atoms with Crippen LogP contribution < -0.4 is 15.2 Å². The maximum absolute atomic E-state index is 12.2. The Balaban J connectivity index is 2.05. The molecule has 1 aromatic carbocycles. The van der Waals surface area contributed by atoms with Crippen LogP contribution >= 0.6 is 0 Å². The average Bonchev–Trinajstić information content (AvgIpc) is 2.55. The van der Waals surface area contributed by atoms with Crippen LogP contribution in [0.25, 0.3) is 0 Å². The first-order valence-electron chi connectivity index (χ1n) is 7.33. The number of amides is 1. The number of nitrogens with one attached hydrogen (secondary N) is 1. The van der Waals surface area contributed by atoms with E-state index in [-0.39, 0.29) is 16.8 Å². The van der Waals surface area contributed by atoms with E-state index < -0.39 is 10.0 Å². The lowest BCUT2D eigenvalue weighted by Crippen LogP contribution is -2.26. The van der Waals surface area contributed by atoms with E-state index in [4.69, 9.17) is 9.88 Å². The number of sulfonamides is 1. The number of benzene rings is 1. The standard InChI is InChI=1S/C16H19N3O4S/c1-3-23-15-9-6-13(10-18-15)16(20)19-11(2)12-4-7-14(8-5-12)24(17,21)22/h4-11H,3H2,1-2H3,(H,19,20)(H2,17,21,22)/t11-/m0/s1. The van der Waals surface area contributed by atoms with Gasteiger partial charge >= 0.3 is 0 Å². The number of nitrogens with two attached hydrogens (primary N) is 1. The van der Waals surface area contributed by atoms with Gasteiger partial charge in [0, 0.05) is 12.3 Å². The molecule has 2 aromatic rings. The van der Waals surface area contributed by atoms with E-state index in [0.29, 0.717) is 18.1 Å². The molecule has 0 radical (unpaired) electrons. The molecule has 3 N–H and O–H groups in total. The first-order valence-corrected chi connectivity index (χ1v) is 8.88. The number of primary sulfonamides is 1. The van der Waals surface area contributed by atoms with Gasteiger partial charge in [-0.3, -0.25) is 4.79 Å². The Labute approximate surface area is 140 Å². The van der Waals surface area contributed by atoms with E-state index in [9.17, 15) is 13.2 Å². The van der Waals surface area contributed by atoms with Gasteiger partial charge in [-0.15, -0.1) is 0 Å². The summed E-state index contributed by atoms with van der Waals surface area (Å²) in [7, 11) is -3.73. The lowest BCUT2D eigenvalue weighted by molar-refractivity contribution is 0.0939. The lowest BCUT2D eigenvalue weighted by atomic mass is 10.1. The molecule has 0 aliphatic heterocycles. The Kier molecular flexibility index (Phi) is 5.53. The van der Waals surface area contributed by atoms with Crippen LogP contribution in [-0.2, 0) is 10.0 Å². The Morgan fingerprint density at radius 1 is 1.25 bits per heavy atom. The van der Waals surface area contributed by atoms with E-state index >= 15 is 0 Å². The van der Waals surface area contributed by atoms with E-state index in [2.05, 4.69) is 10.3 Å². The van der Waals surface area contributed by atoms with Crippen molar-refractivity contribution in [2.75, 3.05) is 6.61 Å². The molecule has 24 heavy (non-hydrogen) atoms. The lowest BCUT2D eigenvalue weighted by Gasteiger charge is -2.15. The molecular weight excluding hydrogens is 330 g/mol. The van der Waals surface area contributed by atoms with Crippen molar-refractivity contribution < 1.29 is 17.9 Å². The summed E-state index contributed by atoms with van der Waals surface area (Å²) in [6, 6.07) is 8.99. The van der Waals surface area contributed by atoms with E-state index in [0.717, 1.165) is 5.56 Å². The van der Waals surface area contributed by atoms with Gasteiger partial charge in [-0.1, -0.05) is 12.1 Å². The molecule has 7 nitrogen and oxygen atoms in total. The second kappa shape index (κ2) is 7.41. The van der Waals surface area contributed by atoms with Gasteiger partial charge in [0.15, 0.2) is 0 Å². The molecule has 0 saturated carbocycles. The summed E-state index contributed by atoms with van der Waals surface area (Å²) >= 11 is 0. The van der Waals surface area contributed by atoms with Crippen molar-refractivity contribution in [3.8, 4) is 5.88 Å². The Bertz CT molecular complexity index is 802. The molecular formula is C16H19N3O4S. The van der Waals surface area contributed by atoms with Crippen LogP contribution in [0.15, 0.2) is 47.5 Å². The van der Waals surface area contributed by atoms with Crippen molar-refractivity contribution >= 4 is 15.9 Å². The number of hydrogen-bond acceptors (Lipinski definition) is 5. The van der Waals surface area contributed by atoms with Crippen LogP contribution in [0.5, 0.6) is 5.88 Å². The fraction of sp³-hybridized carbons (Fsp3) is 0.250. The molecule has 0 unspecified atom stereocenters. The van der Waals surface area contributed by atoms with Crippen LogP contribution in [0.4, 0.5) is 0 Å². The molecule has 1 atom stereocenters. The molecule has 0 aliphatic rings. The second-order valence-corrected chi connectivity index (χ2v) is 6.69. The topological polar surface area (TPSA) is 111 Å². The van der Waals surface area contributed by atoms with Gasteiger partial charge in [0.25, 0.3) is 5.91 Å². The highest BCUT2D eigenvalue weighted by Crippen LogP contribution is 2.16. The molecule has 1 amide bonds. The van der Waals surface area contributed by atoms with Crippen LogP contribution in [0.1, 0.15) is 35.8 Å². The Morgan fingerprint density at radius 3 is 2.42 bits per heavy atom. The zero-order valence-electron chi connectivity index (χ0n) is 13.4. The van der Waals surface area contributed by atoms with Crippen molar-refractivity contribution in [2.45, 2.75) is 24.8 Å². The third-order valence-electron chi connectivity index (χ3n) is 3.35. The minimum atomic E-state index is -3.73. The van der Waals surface area contributed by atoms with Gasteiger partial charge < -0.3 is 10.1 Å². The number of aromatic nitrogens is 1. The zero-order valence-corrected chi connectivity index (χ0v) is 14.2. The number of carbonyl (C=O) groups excluding carboxylic acids is 1. The van der Waals surface area contributed by atoms with Crippen molar-refractivity contribution in [2.24, 2.45) is 5.14 Å². The summed E-state index contributed by atoms with van der Waals surface area (Å²) < 4.78 is 27.7. The number of carbonyl (C=O) groups is 1. The predicted molar refractivity (Wildman–Crippen MR) is 89.1 cm³/mol. The highest BCUT2D eigenvalue weighted by atomic mass is 32.2. The summed E-state index contributed by atoms with van der Waals surface area (Å²) in [6.07, 6.45) is 1.44. The molecule has 0 fully saturated rings. The summed E-state index contributed by atoms with van der Waals surface area (Å²) in [5.41, 5.74) is 1.17. The first-order chi connectivity index (χ1) is 11.3. The van der Waals surface area contributed by atoms with Crippen molar-refractivity contribution in [1.82, 2.24) is 10.3 Å². The second-order valence-electron chi connectivity index (χ2n) is 5.13. The third kappa shape index (κ3) is 4.53. The van der Waals surface area contributed by atoms with Gasteiger partial charge in [-0.05, 0) is 37.6 Å². The SMILES string of the molecule is CCOc1ccc(C(=O)N[C@@H](C)c2ccc(S(N)(=O)=O)cc2)cn1. The van der Waals surface area contributed by atoms with E-state index in [1.807, 2.05) is 6.92 Å². The summed E-state index contributed by atoms with van der Waals surface area (Å²) in [5, 5.41) is 7.88. The number of pyridine rings is 1. The van der Waals surface area contributed by atoms with Crippen LogP contribution in [-0.4, -0.2) is 25.9 Å². The quantitative estimate of drug-likeness (QED) is 0.823. The molecule has 1 heterocycles. The van der Waals surface area contributed by atoms with Gasteiger partial charge in [-0.2, -0.15) is 0 Å². The fourth-order valence-corrected chi connectivity index (χ4v) is 2.57. The van der Waals surface area contributed by atoms with Gasteiger partial charge in [0.2, 0.25) is 15.9 Å². The van der Waals surface area contributed by atoms with Gasteiger partial charge in [-0.25, -0.2) is 18.5 Å². The molecule has 2 rings (SSSR count). The molecule has 0 aliphatic carbocycles. The fourth-order valence-electron chi connectivity index (χ4n) is 2.06. The summed E-state index contributed by atoms with van der Waals surface area (Å²) in [5.74, 6) is 0.175. The van der Waals surface area contributed by atoms with Gasteiger partial charge in [0.1, 0.15) is 0 Å². The maximum Gasteiger partial charge on any atom is 0.253 e. The monoisotopic (exact) mass is 349 g/mol. The number of ether oxygens (including phenoxy) is 1. The molecule has 0 saturated heterocycles. The highest BCUT2D eigenvalue weighted by molar-refractivity contribution is 7.89. The highest BCUT2D eigenvalue weighted by Gasteiger charge is 2.13. The van der Waals surface area contributed by atoms with Crippen molar-refractivity contribution in [3.63, 3.8) is 0 Å². The summed E-state index contributed by atoms with van der Waals surface area (Å²) in [6.45, 7) is 4.15. The van der Waals surface area contributed by atoms with Crippen molar-refractivity contribution in [3.05, 3.63) is 53.7 Å². The third-order valence-corrected chi connectivity index (χ3v) is 4.28. The average molecular weight is 349 g/mol. The normalized spacial score (nSPS) is 12.5. The molecule has 8 heteroatoms. The number of rotatable bonds is 6. The van der Waals surface area contributed by atoms with E-state index in [1.165, 1.54) is 18.3 Å². The number of nitrogens with zero attached hydrogens (tertiary/aromatic N) is 1. The van der Waals surface area contributed by atoms with Gasteiger partial charge in [0.05, 0.1) is 23.1 Å². The molecule has 128 valence electrons. The molecule has 1 aromatic heterocycles. The van der Waals surface area contributed by atoms with Crippen molar-refractivity contribution in [1.29, 1.82) is 0 Å². The van der Waals surface area contributed by atoms with Crippen LogP contribution in [0.2, 0.25) is 0 Å². The van der Waals surface area contributed by atoms with E-state index in [1.54, 1.807) is 31.2 Å². The largest absolute Gasteiger partial charge is 0.478 e. The van der Waals surface area contributed by atoms with Crippen LogP contribution in [0, 0.1) is 0 Å². The molecule has 0 spiro atoms. The minimum Gasteiger partial charge on any atom is -0.478 e.